The van der Waals surface area contributed by atoms with E-state index in [0.717, 1.165) is 0 Å². The van der Waals surface area contributed by atoms with Crippen LogP contribution in [0.25, 0.3) is 0 Å². The lowest BCUT2D eigenvalue weighted by Gasteiger charge is -2.29. The quantitative estimate of drug-likeness (QED) is 0.787. The monoisotopic (exact) mass is 250 g/mol. The van der Waals surface area contributed by atoms with Crippen LogP contribution in [0.4, 0.5) is 13.6 Å². The van der Waals surface area contributed by atoms with E-state index >= 15 is 0 Å². The molecule has 1 fully saturated rings. The van der Waals surface area contributed by atoms with E-state index in [0.29, 0.717) is 6.42 Å². The molecule has 0 radical (unpaired) electrons. The molecule has 0 aromatic heterocycles. The Kier molecular flexibility index (Phi) is 4.30. The maximum absolute atomic E-state index is 12.8. The van der Waals surface area contributed by atoms with Gasteiger partial charge < -0.3 is 15.4 Å². The second kappa shape index (κ2) is 5.16. The second-order valence-corrected chi connectivity index (χ2v) is 5.45. The summed E-state index contributed by atoms with van der Waals surface area (Å²) in [5, 5.41) is 5.31. The highest BCUT2D eigenvalue weighted by atomic mass is 19.3. The van der Waals surface area contributed by atoms with Gasteiger partial charge in [-0.15, -0.1) is 0 Å². The third-order valence-electron chi connectivity index (χ3n) is 2.40. The molecule has 1 rings (SSSR count). The van der Waals surface area contributed by atoms with Gasteiger partial charge in [0.1, 0.15) is 6.61 Å². The SMILES string of the molecule is CC(C)(C)NC(=O)OCC1CCC(F)(F)CN1. The molecule has 6 heteroatoms. The highest BCUT2D eigenvalue weighted by Gasteiger charge is 2.35. The number of hydrogen-bond acceptors (Lipinski definition) is 3. The van der Waals surface area contributed by atoms with Crippen molar-refractivity contribution in [2.24, 2.45) is 0 Å². The Bertz CT molecular complexity index is 267. The number of alkyl carbamates (subject to hydrolysis) is 1. The molecular weight excluding hydrogens is 230 g/mol. The van der Waals surface area contributed by atoms with Crippen molar-refractivity contribution < 1.29 is 18.3 Å². The van der Waals surface area contributed by atoms with E-state index in [1.54, 1.807) is 0 Å². The highest BCUT2D eigenvalue weighted by Crippen LogP contribution is 2.24. The predicted molar refractivity (Wildman–Crippen MR) is 60.2 cm³/mol. The Morgan fingerprint density at radius 1 is 1.53 bits per heavy atom. The van der Waals surface area contributed by atoms with Crippen molar-refractivity contribution in [1.82, 2.24) is 10.6 Å². The average molecular weight is 250 g/mol. The number of carbonyl (C=O) groups excluding carboxylic acids is 1. The van der Waals surface area contributed by atoms with E-state index in [2.05, 4.69) is 10.6 Å². The molecule has 4 nitrogen and oxygen atoms in total. The molecule has 2 N–H and O–H groups in total. The van der Waals surface area contributed by atoms with E-state index < -0.39 is 12.0 Å². The van der Waals surface area contributed by atoms with Gasteiger partial charge in [-0.2, -0.15) is 0 Å². The summed E-state index contributed by atoms with van der Waals surface area (Å²) in [5.41, 5.74) is -0.357. The fourth-order valence-electron chi connectivity index (χ4n) is 1.53. The molecule has 1 saturated heterocycles. The average Bonchev–Trinajstić information content (AvgIpc) is 2.13. The number of carbonyl (C=O) groups is 1. The minimum Gasteiger partial charge on any atom is -0.448 e. The van der Waals surface area contributed by atoms with Crippen molar-refractivity contribution in [2.45, 2.75) is 51.1 Å². The van der Waals surface area contributed by atoms with Crippen molar-refractivity contribution in [3.05, 3.63) is 0 Å². The number of alkyl halides is 2. The standard InChI is InChI=1S/C11H20F2N2O2/c1-10(2,3)15-9(16)17-6-8-4-5-11(12,13)7-14-8/h8,14H,4-7H2,1-3H3,(H,15,16). The second-order valence-electron chi connectivity index (χ2n) is 5.45. The first-order valence-corrected chi connectivity index (χ1v) is 5.74. The van der Waals surface area contributed by atoms with Gasteiger partial charge in [-0.05, 0) is 27.2 Å². The number of rotatable bonds is 2. The fraction of sp³-hybridized carbons (Fsp3) is 0.909. The van der Waals surface area contributed by atoms with Crippen molar-refractivity contribution in [3.63, 3.8) is 0 Å². The lowest BCUT2D eigenvalue weighted by atomic mass is 10.0. The van der Waals surface area contributed by atoms with E-state index in [-0.39, 0.29) is 31.2 Å². The number of ether oxygens (including phenoxy) is 1. The van der Waals surface area contributed by atoms with E-state index in [1.807, 2.05) is 20.8 Å². The summed E-state index contributed by atoms with van der Waals surface area (Å²) in [5.74, 6) is -2.63. The van der Waals surface area contributed by atoms with Crippen LogP contribution in [0.5, 0.6) is 0 Å². The van der Waals surface area contributed by atoms with Gasteiger partial charge in [0.25, 0.3) is 5.92 Å². The lowest BCUT2D eigenvalue weighted by molar-refractivity contribution is -0.0351. The first-order valence-electron chi connectivity index (χ1n) is 5.74. The normalized spacial score (nSPS) is 24.2. The zero-order valence-electron chi connectivity index (χ0n) is 10.5. The van der Waals surface area contributed by atoms with Crippen LogP contribution in [0.2, 0.25) is 0 Å². The molecule has 1 atom stereocenters. The molecule has 0 spiro atoms. The Morgan fingerprint density at radius 3 is 2.65 bits per heavy atom. The Hall–Kier alpha value is -0.910. The smallest absolute Gasteiger partial charge is 0.407 e. The predicted octanol–water partition coefficient (Wildman–Crippen LogP) is 1.90. The van der Waals surface area contributed by atoms with Gasteiger partial charge in [-0.25, -0.2) is 13.6 Å². The number of halogens is 2. The minimum absolute atomic E-state index is 0.123. The van der Waals surface area contributed by atoms with Crippen LogP contribution >= 0.6 is 0 Å². The largest absolute Gasteiger partial charge is 0.448 e. The third-order valence-corrected chi connectivity index (χ3v) is 2.40. The Balaban J connectivity index is 2.22. The number of piperidine rings is 1. The van der Waals surface area contributed by atoms with Crippen LogP contribution in [-0.4, -0.2) is 36.7 Å². The molecule has 0 aromatic rings. The van der Waals surface area contributed by atoms with Gasteiger partial charge in [-0.1, -0.05) is 0 Å². The summed E-state index contributed by atoms with van der Waals surface area (Å²) in [6.07, 6.45) is -0.360. The third kappa shape index (κ3) is 5.81. The molecule has 0 aromatic carbocycles. The minimum atomic E-state index is -2.63. The van der Waals surface area contributed by atoms with E-state index in [4.69, 9.17) is 4.74 Å². The van der Waals surface area contributed by atoms with Crippen molar-refractivity contribution in [1.29, 1.82) is 0 Å². The van der Waals surface area contributed by atoms with Crippen LogP contribution < -0.4 is 10.6 Å². The van der Waals surface area contributed by atoms with Gasteiger partial charge in [-0.3, -0.25) is 0 Å². The highest BCUT2D eigenvalue weighted by molar-refractivity contribution is 5.68. The zero-order chi connectivity index (χ0) is 13.1. The van der Waals surface area contributed by atoms with Crippen LogP contribution in [0.3, 0.4) is 0 Å². The molecular formula is C11H20F2N2O2. The molecule has 100 valence electrons. The van der Waals surface area contributed by atoms with Crippen molar-refractivity contribution in [2.75, 3.05) is 13.2 Å². The molecule has 1 unspecified atom stereocenters. The van der Waals surface area contributed by atoms with E-state index in [9.17, 15) is 13.6 Å². The fourth-order valence-corrected chi connectivity index (χ4v) is 1.53. The molecule has 1 amide bonds. The van der Waals surface area contributed by atoms with Crippen LogP contribution in [0.15, 0.2) is 0 Å². The van der Waals surface area contributed by atoms with Gasteiger partial charge >= 0.3 is 6.09 Å². The molecule has 1 aliphatic heterocycles. The summed E-state index contributed by atoms with van der Waals surface area (Å²) in [6, 6.07) is -0.180. The maximum atomic E-state index is 12.8. The van der Waals surface area contributed by atoms with Crippen LogP contribution in [-0.2, 0) is 4.74 Å². The van der Waals surface area contributed by atoms with Gasteiger partial charge in [0, 0.05) is 18.0 Å². The molecule has 0 bridgehead atoms. The van der Waals surface area contributed by atoms with Gasteiger partial charge in [0.2, 0.25) is 0 Å². The lowest BCUT2D eigenvalue weighted by Crippen LogP contribution is -2.48. The molecule has 0 aliphatic carbocycles. The maximum Gasteiger partial charge on any atom is 0.407 e. The van der Waals surface area contributed by atoms with Crippen molar-refractivity contribution >= 4 is 6.09 Å². The number of nitrogens with one attached hydrogen (secondary N) is 2. The Morgan fingerprint density at radius 2 is 2.18 bits per heavy atom. The first kappa shape index (κ1) is 14.2. The molecule has 17 heavy (non-hydrogen) atoms. The number of amides is 1. The number of hydrogen-bond donors (Lipinski definition) is 2. The first-order chi connectivity index (χ1) is 7.68. The van der Waals surface area contributed by atoms with E-state index in [1.165, 1.54) is 0 Å². The van der Waals surface area contributed by atoms with Crippen LogP contribution in [0.1, 0.15) is 33.6 Å². The molecule has 0 saturated carbocycles. The summed E-state index contributed by atoms with van der Waals surface area (Å²) < 4.78 is 30.6. The topological polar surface area (TPSA) is 50.4 Å². The van der Waals surface area contributed by atoms with Crippen LogP contribution in [0, 0.1) is 0 Å². The molecule has 1 aliphatic rings. The zero-order valence-corrected chi connectivity index (χ0v) is 10.5. The summed E-state index contributed by atoms with van der Waals surface area (Å²) in [7, 11) is 0. The van der Waals surface area contributed by atoms with Gasteiger partial charge in [0.15, 0.2) is 0 Å². The summed E-state index contributed by atoms with van der Waals surface area (Å²) in [4.78, 5) is 11.3. The van der Waals surface area contributed by atoms with Gasteiger partial charge in [0.05, 0.1) is 6.54 Å². The molecule has 1 heterocycles. The van der Waals surface area contributed by atoms with Crippen molar-refractivity contribution in [3.8, 4) is 0 Å². The summed E-state index contributed by atoms with van der Waals surface area (Å²) >= 11 is 0. The summed E-state index contributed by atoms with van der Waals surface area (Å²) in [6.45, 7) is 5.30. The Labute approximate surface area is 100 Å².